The van der Waals surface area contributed by atoms with Crippen LogP contribution in [-0.4, -0.2) is 15.6 Å². The first-order valence-corrected chi connectivity index (χ1v) is 5.19. The number of rotatable bonds is 3. The lowest BCUT2D eigenvalue weighted by atomic mass is 10.2. The van der Waals surface area contributed by atoms with E-state index in [9.17, 15) is 4.39 Å². The minimum atomic E-state index is -0.252. The molecule has 4 heteroatoms. The molecule has 16 heavy (non-hydrogen) atoms. The molecule has 2 N–H and O–H groups in total. The van der Waals surface area contributed by atoms with Crippen LogP contribution in [0.1, 0.15) is 12.6 Å². The molecule has 1 heterocycles. The van der Waals surface area contributed by atoms with E-state index in [-0.39, 0.29) is 11.9 Å². The summed E-state index contributed by atoms with van der Waals surface area (Å²) in [6.07, 6.45) is 4.15. The van der Waals surface area contributed by atoms with E-state index in [1.165, 1.54) is 12.1 Å². The van der Waals surface area contributed by atoms with Crippen LogP contribution in [0.25, 0.3) is 5.69 Å². The first kappa shape index (κ1) is 10.8. The van der Waals surface area contributed by atoms with E-state index >= 15 is 0 Å². The van der Waals surface area contributed by atoms with Gasteiger partial charge in [-0.2, -0.15) is 0 Å². The van der Waals surface area contributed by atoms with Crippen LogP contribution in [0.5, 0.6) is 0 Å². The molecule has 0 aliphatic rings. The summed E-state index contributed by atoms with van der Waals surface area (Å²) in [6.45, 7) is 1.93. The number of hydrogen-bond acceptors (Lipinski definition) is 2. The third-order valence-corrected chi connectivity index (χ3v) is 2.33. The SMILES string of the molecule is CC(N)Cc1cncn1-c1cccc(F)c1. The van der Waals surface area contributed by atoms with Gasteiger partial charge in [-0.05, 0) is 25.1 Å². The molecule has 1 unspecified atom stereocenters. The topological polar surface area (TPSA) is 43.8 Å². The Balaban J connectivity index is 2.37. The smallest absolute Gasteiger partial charge is 0.125 e. The van der Waals surface area contributed by atoms with Crippen LogP contribution in [0.3, 0.4) is 0 Å². The van der Waals surface area contributed by atoms with Gasteiger partial charge in [0.2, 0.25) is 0 Å². The van der Waals surface area contributed by atoms with Crippen LogP contribution < -0.4 is 5.73 Å². The molecular formula is C12H14FN3. The summed E-state index contributed by atoms with van der Waals surface area (Å²) in [7, 11) is 0. The van der Waals surface area contributed by atoms with Crippen molar-refractivity contribution in [3.05, 3.63) is 48.3 Å². The predicted octanol–water partition coefficient (Wildman–Crippen LogP) is 1.90. The van der Waals surface area contributed by atoms with Crippen molar-refractivity contribution in [3.8, 4) is 5.69 Å². The van der Waals surface area contributed by atoms with Gasteiger partial charge in [0.1, 0.15) is 5.82 Å². The van der Waals surface area contributed by atoms with Crippen LogP contribution in [0.2, 0.25) is 0 Å². The Bertz CT molecular complexity index is 477. The summed E-state index contributed by atoms with van der Waals surface area (Å²) in [4.78, 5) is 4.07. The summed E-state index contributed by atoms with van der Waals surface area (Å²) >= 11 is 0. The second-order valence-electron chi connectivity index (χ2n) is 3.92. The summed E-state index contributed by atoms with van der Waals surface area (Å²) in [6, 6.07) is 6.48. The van der Waals surface area contributed by atoms with Crippen molar-refractivity contribution in [3.63, 3.8) is 0 Å². The summed E-state index contributed by atoms with van der Waals surface area (Å²) in [5.74, 6) is -0.252. The highest BCUT2D eigenvalue weighted by molar-refractivity contribution is 5.34. The number of hydrogen-bond donors (Lipinski definition) is 1. The third kappa shape index (κ3) is 2.28. The molecule has 0 radical (unpaired) electrons. The zero-order valence-corrected chi connectivity index (χ0v) is 9.10. The molecular weight excluding hydrogens is 205 g/mol. The normalized spacial score (nSPS) is 12.7. The highest BCUT2D eigenvalue weighted by Crippen LogP contribution is 2.13. The first-order chi connectivity index (χ1) is 7.66. The fourth-order valence-electron chi connectivity index (χ4n) is 1.66. The molecule has 0 fully saturated rings. The van der Waals surface area contributed by atoms with E-state index in [1.54, 1.807) is 18.6 Å². The molecule has 1 aromatic heterocycles. The van der Waals surface area contributed by atoms with E-state index in [1.807, 2.05) is 17.6 Å². The summed E-state index contributed by atoms with van der Waals surface area (Å²) < 4.78 is 14.9. The number of halogens is 1. The van der Waals surface area contributed by atoms with Gasteiger partial charge in [0.15, 0.2) is 0 Å². The second kappa shape index (κ2) is 4.45. The number of nitrogens with two attached hydrogens (primary N) is 1. The largest absolute Gasteiger partial charge is 0.328 e. The van der Waals surface area contributed by atoms with Crippen LogP contribution in [0.4, 0.5) is 4.39 Å². The van der Waals surface area contributed by atoms with E-state index in [0.717, 1.165) is 17.8 Å². The molecule has 1 aromatic carbocycles. The van der Waals surface area contributed by atoms with Gasteiger partial charge in [0.25, 0.3) is 0 Å². The lowest BCUT2D eigenvalue weighted by molar-refractivity contribution is 0.625. The molecule has 0 saturated carbocycles. The monoisotopic (exact) mass is 219 g/mol. The van der Waals surface area contributed by atoms with Gasteiger partial charge >= 0.3 is 0 Å². The van der Waals surface area contributed by atoms with Crippen molar-refractivity contribution in [2.45, 2.75) is 19.4 Å². The van der Waals surface area contributed by atoms with E-state index in [4.69, 9.17) is 5.73 Å². The van der Waals surface area contributed by atoms with Gasteiger partial charge in [0, 0.05) is 30.0 Å². The molecule has 2 aromatic rings. The Labute approximate surface area is 93.7 Å². The fourth-order valence-corrected chi connectivity index (χ4v) is 1.66. The average Bonchev–Trinajstić information content (AvgIpc) is 2.65. The van der Waals surface area contributed by atoms with Crippen LogP contribution in [-0.2, 0) is 6.42 Å². The third-order valence-electron chi connectivity index (χ3n) is 2.33. The van der Waals surface area contributed by atoms with Crippen LogP contribution in [0.15, 0.2) is 36.8 Å². The van der Waals surface area contributed by atoms with Crippen molar-refractivity contribution in [1.82, 2.24) is 9.55 Å². The van der Waals surface area contributed by atoms with Gasteiger partial charge in [-0.1, -0.05) is 6.07 Å². The molecule has 0 aliphatic heterocycles. The predicted molar refractivity (Wildman–Crippen MR) is 60.9 cm³/mol. The maximum absolute atomic E-state index is 13.1. The zero-order chi connectivity index (χ0) is 11.5. The van der Waals surface area contributed by atoms with Gasteiger partial charge in [-0.25, -0.2) is 9.37 Å². The molecule has 0 spiro atoms. The Kier molecular flexibility index (Phi) is 3.01. The maximum Gasteiger partial charge on any atom is 0.125 e. The number of imidazole rings is 1. The summed E-state index contributed by atoms with van der Waals surface area (Å²) in [5.41, 5.74) is 7.50. The Hall–Kier alpha value is -1.68. The van der Waals surface area contributed by atoms with Crippen molar-refractivity contribution in [2.75, 3.05) is 0 Å². The van der Waals surface area contributed by atoms with Crippen LogP contribution in [0, 0.1) is 5.82 Å². The molecule has 84 valence electrons. The van der Waals surface area contributed by atoms with E-state index in [0.29, 0.717) is 0 Å². The Morgan fingerprint density at radius 1 is 1.50 bits per heavy atom. The van der Waals surface area contributed by atoms with Gasteiger partial charge in [0.05, 0.1) is 6.33 Å². The Morgan fingerprint density at radius 3 is 3.00 bits per heavy atom. The average molecular weight is 219 g/mol. The number of benzene rings is 1. The van der Waals surface area contributed by atoms with Gasteiger partial charge < -0.3 is 10.3 Å². The second-order valence-corrected chi connectivity index (χ2v) is 3.92. The number of nitrogens with zero attached hydrogens (tertiary/aromatic N) is 2. The molecule has 0 aliphatic carbocycles. The summed E-state index contributed by atoms with van der Waals surface area (Å²) in [5, 5.41) is 0. The van der Waals surface area contributed by atoms with E-state index in [2.05, 4.69) is 4.98 Å². The van der Waals surface area contributed by atoms with Gasteiger partial charge in [-0.15, -0.1) is 0 Å². The minimum Gasteiger partial charge on any atom is -0.328 e. The molecule has 0 bridgehead atoms. The quantitative estimate of drug-likeness (QED) is 0.856. The van der Waals surface area contributed by atoms with Gasteiger partial charge in [-0.3, -0.25) is 0 Å². The van der Waals surface area contributed by atoms with Crippen molar-refractivity contribution in [2.24, 2.45) is 5.73 Å². The lowest BCUT2D eigenvalue weighted by Crippen LogP contribution is -2.19. The van der Waals surface area contributed by atoms with Crippen molar-refractivity contribution >= 4 is 0 Å². The molecule has 0 saturated heterocycles. The maximum atomic E-state index is 13.1. The molecule has 1 atom stereocenters. The lowest BCUT2D eigenvalue weighted by Gasteiger charge is -2.09. The molecule has 0 amide bonds. The number of aromatic nitrogens is 2. The first-order valence-electron chi connectivity index (χ1n) is 5.19. The zero-order valence-electron chi connectivity index (χ0n) is 9.10. The molecule has 3 nitrogen and oxygen atoms in total. The van der Waals surface area contributed by atoms with E-state index < -0.39 is 0 Å². The minimum absolute atomic E-state index is 0.0593. The Morgan fingerprint density at radius 2 is 2.31 bits per heavy atom. The van der Waals surface area contributed by atoms with Crippen molar-refractivity contribution in [1.29, 1.82) is 0 Å². The van der Waals surface area contributed by atoms with Crippen molar-refractivity contribution < 1.29 is 4.39 Å². The highest BCUT2D eigenvalue weighted by Gasteiger charge is 2.06. The molecule has 2 rings (SSSR count). The highest BCUT2D eigenvalue weighted by atomic mass is 19.1. The van der Waals surface area contributed by atoms with Crippen LogP contribution >= 0.6 is 0 Å². The standard InChI is InChI=1S/C12H14FN3/c1-9(14)5-12-7-15-8-16(12)11-4-2-3-10(13)6-11/h2-4,6-9H,5,14H2,1H3. The fraction of sp³-hybridized carbons (Fsp3) is 0.250.